The molecule has 7 nitrogen and oxygen atoms in total. The number of aromatic nitrogens is 2. The molecule has 0 aliphatic heterocycles. The van der Waals surface area contributed by atoms with Crippen LogP contribution in [0.25, 0.3) is 0 Å². The number of ether oxygens (including phenoxy) is 3. The lowest BCUT2D eigenvalue weighted by atomic mass is 10.1. The van der Waals surface area contributed by atoms with Crippen LogP contribution in [0, 0.1) is 24.4 Å². The third kappa shape index (κ3) is 6.26. The zero-order chi connectivity index (χ0) is 23.8. The molecule has 1 heterocycles. The fourth-order valence-corrected chi connectivity index (χ4v) is 2.91. The number of hydrogen-bond donors (Lipinski definition) is 2. The van der Waals surface area contributed by atoms with Gasteiger partial charge in [-0.3, -0.25) is 0 Å². The number of anilines is 2. The van der Waals surface area contributed by atoms with Gasteiger partial charge in [0.15, 0.2) is 28.9 Å². The number of nitrogens with one attached hydrogen (secondary N) is 1. The first-order valence-electron chi connectivity index (χ1n) is 10.2. The average molecular weight is 463 g/mol. The number of nitrogens with zero attached hydrogens (tertiary/aromatic N) is 2. The smallest absolute Gasteiger partial charge is 0.227 e. The molecule has 0 saturated carbocycles. The summed E-state index contributed by atoms with van der Waals surface area (Å²) in [5, 5.41) is 11.6. The Labute approximate surface area is 189 Å². The van der Waals surface area contributed by atoms with Gasteiger partial charge in [-0.15, -0.1) is 0 Å². The quantitative estimate of drug-likeness (QED) is 0.399. The molecular weight excluding hydrogens is 439 g/mol. The van der Waals surface area contributed by atoms with Crippen LogP contribution < -0.4 is 19.5 Å². The van der Waals surface area contributed by atoms with Crippen molar-refractivity contribution in [1.82, 2.24) is 9.97 Å². The van der Waals surface area contributed by atoms with Gasteiger partial charge in [0.2, 0.25) is 5.95 Å². The SMILES string of the molecule is COc1cc(C)c(F)c(COc2cnc(Nc3ccc(OCCCCO)c(F)c3)nc2)c1F. The molecule has 33 heavy (non-hydrogen) atoms. The van der Waals surface area contributed by atoms with Crippen molar-refractivity contribution in [3.63, 3.8) is 0 Å². The lowest BCUT2D eigenvalue weighted by Gasteiger charge is -2.12. The van der Waals surface area contributed by atoms with Crippen molar-refractivity contribution in [3.8, 4) is 17.2 Å². The van der Waals surface area contributed by atoms with Gasteiger partial charge in [0.05, 0.1) is 31.7 Å². The van der Waals surface area contributed by atoms with E-state index in [1.807, 2.05) is 0 Å². The predicted octanol–water partition coefficient (Wildman–Crippen LogP) is 4.68. The van der Waals surface area contributed by atoms with Crippen molar-refractivity contribution in [2.75, 3.05) is 25.6 Å². The molecule has 0 radical (unpaired) electrons. The highest BCUT2D eigenvalue weighted by atomic mass is 19.1. The van der Waals surface area contributed by atoms with E-state index in [0.717, 1.165) is 0 Å². The van der Waals surface area contributed by atoms with Gasteiger partial charge >= 0.3 is 0 Å². The van der Waals surface area contributed by atoms with Gasteiger partial charge < -0.3 is 24.6 Å². The van der Waals surface area contributed by atoms with Crippen molar-refractivity contribution in [2.24, 2.45) is 0 Å². The Morgan fingerprint density at radius 1 is 0.970 bits per heavy atom. The highest BCUT2D eigenvalue weighted by Gasteiger charge is 2.18. The van der Waals surface area contributed by atoms with Crippen LogP contribution in [-0.4, -0.2) is 35.4 Å². The first-order valence-corrected chi connectivity index (χ1v) is 10.2. The summed E-state index contributed by atoms with van der Waals surface area (Å²) in [7, 11) is 1.30. The van der Waals surface area contributed by atoms with E-state index in [4.69, 9.17) is 19.3 Å². The second kappa shape index (κ2) is 11.4. The van der Waals surface area contributed by atoms with E-state index < -0.39 is 17.5 Å². The summed E-state index contributed by atoms with van der Waals surface area (Å²) in [6, 6.07) is 5.60. The number of methoxy groups -OCH3 is 1. The number of aliphatic hydroxyl groups excluding tert-OH is 1. The largest absolute Gasteiger partial charge is 0.494 e. The number of halogens is 3. The molecule has 3 rings (SSSR count). The summed E-state index contributed by atoms with van der Waals surface area (Å²) >= 11 is 0. The van der Waals surface area contributed by atoms with Crippen LogP contribution in [-0.2, 0) is 6.61 Å². The minimum atomic E-state index is -0.831. The van der Waals surface area contributed by atoms with Gasteiger partial charge in [-0.25, -0.2) is 23.1 Å². The van der Waals surface area contributed by atoms with Crippen LogP contribution >= 0.6 is 0 Å². The van der Waals surface area contributed by atoms with Crippen molar-refractivity contribution < 1.29 is 32.5 Å². The number of aryl methyl sites for hydroxylation is 1. The molecule has 3 aromatic rings. The third-order valence-corrected chi connectivity index (χ3v) is 4.67. The lowest BCUT2D eigenvalue weighted by Crippen LogP contribution is -2.06. The van der Waals surface area contributed by atoms with Crippen LogP contribution in [0.15, 0.2) is 36.7 Å². The Morgan fingerprint density at radius 3 is 2.39 bits per heavy atom. The van der Waals surface area contributed by atoms with Gasteiger partial charge in [-0.1, -0.05) is 0 Å². The Morgan fingerprint density at radius 2 is 1.73 bits per heavy atom. The summed E-state index contributed by atoms with van der Waals surface area (Å²) in [6.45, 7) is 1.49. The van der Waals surface area contributed by atoms with Gasteiger partial charge in [-0.05, 0) is 43.5 Å². The molecule has 0 saturated heterocycles. The molecule has 0 amide bonds. The fourth-order valence-electron chi connectivity index (χ4n) is 2.91. The third-order valence-electron chi connectivity index (χ3n) is 4.67. The monoisotopic (exact) mass is 463 g/mol. The maximum atomic E-state index is 14.4. The summed E-state index contributed by atoms with van der Waals surface area (Å²) < 4.78 is 58.5. The molecule has 0 aliphatic carbocycles. The van der Waals surface area contributed by atoms with E-state index >= 15 is 0 Å². The lowest BCUT2D eigenvalue weighted by molar-refractivity contribution is 0.248. The van der Waals surface area contributed by atoms with Crippen molar-refractivity contribution in [3.05, 3.63) is 65.2 Å². The molecule has 176 valence electrons. The van der Waals surface area contributed by atoms with Crippen LogP contribution in [0.5, 0.6) is 17.2 Å². The Hall–Kier alpha value is -3.53. The summed E-state index contributed by atoms with van der Waals surface area (Å²) in [6.07, 6.45) is 3.86. The van der Waals surface area contributed by atoms with E-state index in [1.54, 1.807) is 6.07 Å². The highest BCUT2D eigenvalue weighted by Crippen LogP contribution is 2.27. The maximum absolute atomic E-state index is 14.4. The Balaban J connectivity index is 1.60. The van der Waals surface area contributed by atoms with E-state index in [1.165, 1.54) is 44.6 Å². The van der Waals surface area contributed by atoms with E-state index in [9.17, 15) is 13.2 Å². The second-order valence-electron chi connectivity index (χ2n) is 7.08. The molecular formula is C23H24F3N3O4. The number of unbranched alkanes of at least 4 members (excludes halogenated alkanes) is 1. The minimum Gasteiger partial charge on any atom is -0.494 e. The van der Waals surface area contributed by atoms with Crippen LogP contribution in [0.4, 0.5) is 24.8 Å². The molecule has 2 aromatic carbocycles. The second-order valence-corrected chi connectivity index (χ2v) is 7.08. The Kier molecular flexibility index (Phi) is 8.31. The highest BCUT2D eigenvalue weighted by molar-refractivity contribution is 5.55. The molecule has 0 fully saturated rings. The predicted molar refractivity (Wildman–Crippen MR) is 116 cm³/mol. The molecule has 2 N–H and O–H groups in total. The Bertz CT molecular complexity index is 1080. The van der Waals surface area contributed by atoms with Gasteiger partial charge in [0.1, 0.15) is 12.4 Å². The van der Waals surface area contributed by atoms with Crippen molar-refractivity contribution >= 4 is 11.6 Å². The first-order chi connectivity index (χ1) is 15.9. The standard InChI is InChI=1S/C23H24F3N3O4/c1-14-9-20(31-2)22(26)17(21(14)25)13-33-16-11-27-23(28-12-16)29-15-5-6-19(18(24)10-15)32-8-4-3-7-30/h5-6,9-12,30H,3-4,7-8,13H2,1-2H3,(H,27,28,29). The van der Waals surface area contributed by atoms with Gasteiger partial charge in [0, 0.05) is 18.4 Å². The molecule has 1 aromatic heterocycles. The van der Waals surface area contributed by atoms with Crippen molar-refractivity contribution in [2.45, 2.75) is 26.4 Å². The number of benzene rings is 2. The van der Waals surface area contributed by atoms with Gasteiger partial charge in [0.25, 0.3) is 0 Å². The van der Waals surface area contributed by atoms with Crippen LogP contribution in [0.3, 0.4) is 0 Å². The normalized spacial score (nSPS) is 10.7. The number of hydrogen-bond acceptors (Lipinski definition) is 7. The van der Waals surface area contributed by atoms with Gasteiger partial charge in [-0.2, -0.15) is 0 Å². The number of rotatable bonds is 11. The van der Waals surface area contributed by atoms with Crippen molar-refractivity contribution in [1.29, 1.82) is 0 Å². The minimum absolute atomic E-state index is 0.0625. The fraction of sp³-hybridized carbons (Fsp3) is 0.304. The van der Waals surface area contributed by atoms with E-state index in [2.05, 4.69) is 15.3 Å². The summed E-state index contributed by atoms with van der Waals surface area (Å²) in [5.74, 6) is -1.70. The molecule has 0 spiro atoms. The van der Waals surface area contributed by atoms with Crippen LogP contribution in [0.2, 0.25) is 0 Å². The number of aliphatic hydroxyl groups is 1. The molecule has 0 aliphatic rings. The van der Waals surface area contributed by atoms with E-state index in [0.29, 0.717) is 25.1 Å². The molecule has 0 bridgehead atoms. The average Bonchev–Trinajstić information content (AvgIpc) is 2.81. The maximum Gasteiger partial charge on any atom is 0.227 e. The first kappa shape index (κ1) is 24.1. The summed E-state index contributed by atoms with van der Waals surface area (Å²) in [4.78, 5) is 8.14. The zero-order valence-electron chi connectivity index (χ0n) is 18.2. The van der Waals surface area contributed by atoms with Crippen LogP contribution in [0.1, 0.15) is 24.0 Å². The zero-order valence-corrected chi connectivity index (χ0v) is 18.2. The molecule has 0 unspecified atom stereocenters. The topological polar surface area (TPSA) is 85.7 Å². The summed E-state index contributed by atoms with van der Waals surface area (Å²) in [5.41, 5.74) is 0.375. The molecule has 0 atom stereocenters. The molecule has 10 heteroatoms. The van der Waals surface area contributed by atoms with E-state index in [-0.39, 0.29) is 47.5 Å².